The molecule has 0 unspecified atom stereocenters. The van der Waals surface area contributed by atoms with Gasteiger partial charge < -0.3 is 8.85 Å². The zero-order valence-corrected chi connectivity index (χ0v) is 16.8. The monoisotopic (exact) mass is 346 g/mol. The van der Waals surface area contributed by atoms with Gasteiger partial charge in [0.25, 0.3) is 16.6 Å². The second kappa shape index (κ2) is 9.88. The van der Waals surface area contributed by atoms with Crippen LogP contribution in [-0.4, -0.2) is 28.8 Å². The number of carbonyl (C=O) groups is 2. The summed E-state index contributed by atoms with van der Waals surface area (Å²) in [6.07, 6.45) is -1.54. The van der Waals surface area contributed by atoms with Crippen LogP contribution in [0.2, 0.25) is 36.3 Å². The van der Waals surface area contributed by atoms with E-state index in [1.807, 2.05) is 41.5 Å². The summed E-state index contributed by atoms with van der Waals surface area (Å²) < 4.78 is 11.0. The molecule has 0 aromatic carbocycles. The molecule has 0 radical (unpaired) electrons. The van der Waals surface area contributed by atoms with Gasteiger partial charge in [-0.15, -0.1) is 0 Å². The van der Waals surface area contributed by atoms with E-state index in [1.165, 1.54) is 0 Å². The van der Waals surface area contributed by atoms with E-state index in [-0.39, 0.29) is 0 Å². The Hall–Kier alpha value is -1.03. The van der Waals surface area contributed by atoms with Gasteiger partial charge in [-0.3, -0.25) is 0 Å². The third kappa shape index (κ3) is 6.00. The van der Waals surface area contributed by atoms with Crippen molar-refractivity contribution in [2.45, 2.75) is 77.8 Å². The molecule has 0 aliphatic rings. The Morgan fingerprint density at radius 2 is 0.864 bits per heavy atom. The topological polar surface area (TPSA) is 77.3 Å². The minimum absolute atomic E-state index is 0.772. The van der Waals surface area contributed by atoms with Gasteiger partial charge in [0.05, 0.1) is 0 Å². The Morgan fingerprint density at radius 1 is 0.636 bits per heavy atom. The molecule has 8 heteroatoms. The van der Waals surface area contributed by atoms with Gasteiger partial charge in [0.2, 0.25) is 0 Å². The standard InChI is InChI=1S/C14H30N2O4Si2/c1-7-21(8-2,9-3)19-13(17)15-16-14(18)20-22(10-4,11-5)12-6/h7-12H2,1-6H3. The minimum atomic E-state index is -2.07. The smallest absolute Gasteiger partial charge is 0.439 e. The molecule has 22 heavy (non-hydrogen) atoms. The normalized spacial score (nSPS) is 12.5. The Kier molecular flexibility index (Phi) is 9.42. The number of rotatable bonds is 8. The number of nitrogens with zero attached hydrogens (tertiary/aromatic N) is 2. The molecule has 0 heterocycles. The molecular weight excluding hydrogens is 316 g/mol. The minimum Gasteiger partial charge on any atom is -0.501 e. The van der Waals surface area contributed by atoms with Crippen molar-refractivity contribution in [3.63, 3.8) is 0 Å². The highest BCUT2D eigenvalue weighted by atomic mass is 28.4. The molecule has 0 aliphatic carbocycles. The zero-order chi connectivity index (χ0) is 17.2. The van der Waals surface area contributed by atoms with E-state index in [2.05, 4.69) is 10.2 Å². The molecule has 0 saturated carbocycles. The maximum absolute atomic E-state index is 11.8. The highest BCUT2D eigenvalue weighted by Crippen LogP contribution is 2.23. The van der Waals surface area contributed by atoms with Crippen LogP contribution in [0.1, 0.15) is 41.5 Å². The highest BCUT2D eigenvalue weighted by molar-refractivity contribution is 6.75. The number of hydrogen-bond donors (Lipinski definition) is 0. The van der Waals surface area contributed by atoms with Crippen LogP contribution in [-0.2, 0) is 8.85 Å². The molecule has 6 nitrogen and oxygen atoms in total. The second-order valence-electron chi connectivity index (χ2n) is 5.42. The van der Waals surface area contributed by atoms with Gasteiger partial charge in [0.1, 0.15) is 0 Å². The van der Waals surface area contributed by atoms with E-state index in [4.69, 9.17) is 8.85 Å². The molecule has 0 spiro atoms. The number of carbonyl (C=O) groups excluding carboxylic acids is 2. The largest absolute Gasteiger partial charge is 0.501 e. The molecule has 0 bridgehead atoms. The van der Waals surface area contributed by atoms with Gasteiger partial charge in [-0.2, -0.15) is 0 Å². The third-order valence-electron chi connectivity index (χ3n) is 4.69. The summed E-state index contributed by atoms with van der Waals surface area (Å²) >= 11 is 0. The first-order valence-electron chi connectivity index (χ1n) is 8.24. The molecule has 0 N–H and O–H groups in total. The number of hydrogen-bond acceptors (Lipinski definition) is 4. The summed E-state index contributed by atoms with van der Waals surface area (Å²) in [5.41, 5.74) is 0. The first-order valence-corrected chi connectivity index (χ1v) is 13.3. The molecule has 0 fully saturated rings. The van der Waals surface area contributed by atoms with Crippen molar-refractivity contribution in [1.29, 1.82) is 0 Å². The fraction of sp³-hybridized carbons (Fsp3) is 0.857. The Balaban J connectivity index is 4.71. The summed E-state index contributed by atoms with van der Waals surface area (Å²) in [4.78, 5) is 23.5. The molecule has 128 valence electrons. The van der Waals surface area contributed by atoms with E-state index in [1.54, 1.807) is 0 Å². The summed E-state index contributed by atoms with van der Waals surface area (Å²) in [5, 5.41) is 6.77. The van der Waals surface area contributed by atoms with Gasteiger partial charge in [-0.25, -0.2) is 9.59 Å². The van der Waals surface area contributed by atoms with Crippen LogP contribution >= 0.6 is 0 Å². The maximum Gasteiger partial charge on any atom is 0.439 e. The van der Waals surface area contributed by atoms with Crippen LogP contribution in [0.5, 0.6) is 0 Å². The van der Waals surface area contributed by atoms with E-state index in [0.29, 0.717) is 0 Å². The second-order valence-corrected chi connectivity index (χ2v) is 14.8. The molecule has 0 atom stereocenters. The van der Waals surface area contributed by atoms with Crippen molar-refractivity contribution in [3.8, 4) is 0 Å². The van der Waals surface area contributed by atoms with E-state index >= 15 is 0 Å². The number of amides is 2. The van der Waals surface area contributed by atoms with Crippen molar-refractivity contribution < 1.29 is 18.4 Å². The van der Waals surface area contributed by atoms with Crippen LogP contribution in [0.4, 0.5) is 9.59 Å². The molecule has 0 aromatic heterocycles. The van der Waals surface area contributed by atoms with Crippen molar-refractivity contribution >= 4 is 28.8 Å². The van der Waals surface area contributed by atoms with Crippen LogP contribution in [0.15, 0.2) is 10.2 Å². The zero-order valence-electron chi connectivity index (χ0n) is 14.8. The predicted octanol–water partition coefficient (Wildman–Crippen LogP) is 5.72. The lowest BCUT2D eigenvalue weighted by Crippen LogP contribution is -2.38. The van der Waals surface area contributed by atoms with Gasteiger partial charge in [-0.1, -0.05) is 51.8 Å². The van der Waals surface area contributed by atoms with Crippen LogP contribution < -0.4 is 0 Å². The lowest BCUT2D eigenvalue weighted by atomic mass is 10.9. The quantitative estimate of drug-likeness (QED) is 0.416. The lowest BCUT2D eigenvalue weighted by molar-refractivity contribution is 0.197. The molecule has 0 rings (SSSR count). The Bertz CT molecular complexity index is 342. The predicted molar refractivity (Wildman–Crippen MR) is 92.2 cm³/mol. The molecule has 0 saturated heterocycles. The van der Waals surface area contributed by atoms with Crippen LogP contribution in [0.3, 0.4) is 0 Å². The third-order valence-corrected chi connectivity index (χ3v) is 13.6. The Morgan fingerprint density at radius 3 is 1.05 bits per heavy atom. The number of azo groups is 1. The first-order chi connectivity index (χ1) is 10.4. The van der Waals surface area contributed by atoms with Crippen molar-refractivity contribution in [1.82, 2.24) is 0 Å². The molecule has 0 aliphatic heterocycles. The molecule has 0 aromatic rings. The average molecular weight is 347 g/mol. The van der Waals surface area contributed by atoms with Crippen LogP contribution in [0, 0.1) is 0 Å². The van der Waals surface area contributed by atoms with Gasteiger partial charge >= 0.3 is 12.2 Å². The lowest BCUT2D eigenvalue weighted by Gasteiger charge is -2.26. The average Bonchev–Trinajstić information content (AvgIpc) is 2.56. The van der Waals surface area contributed by atoms with Crippen molar-refractivity contribution in [3.05, 3.63) is 0 Å². The fourth-order valence-electron chi connectivity index (χ4n) is 2.43. The summed E-state index contributed by atoms with van der Waals surface area (Å²) in [5.74, 6) is 0. The Labute approximate surface area is 135 Å². The SMILES string of the molecule is CC[Si](CC)(CC)OC(=O)N=NC(=O)O[Si](CC)(CC)CC. The summed E-state index contributed by atoms with van der Waals surface area (Å²) in [6.45, 7) is 12.1. The maximum atomic E-state index is 11.8. The fourth-order valence-corrected chi connectivity index (χ4v) is 7.11. The van der Waals surface area contributed by atoms with E-state index in [0.717, 1.165) is 36.3 Å². The van der Waals surface area contributed by atoms with Gasteiger partial charge in [-0.05, 0) is 36.3 Å². The van der Waals surface area contributed by atoms with Gasteiger partial charge in [0.15, 0.2) is 0 Å². The first kappa shape index (κ1) is 21.0. The summed E-state index contributed by atoms with van der Waals surface area (Å²) in [6, 6.07) is 5.02. The van der Waals surface area contributed by atoms with Crippen molar-refractivity contribution in [2.75, 3.05) is 0 Å². The summed E-state index contributed by atoms with van der Waals surface area (Å²) in [7, 11) is -4.13. The molecule has 2 amide bonds. The van der Waals surface area contributed by atoms with Gasteiger partial charge in [0, 0.05) is 0 Å². The van der Waals surface area contributed by atoms with Crippen LogP contribution in [0.25, 0.3) is 0 Å². The van der Waals surface area contributed by atoms with E-state index in [9.17, 15) is 9.59 Å². The molecular formula is C14H30N2O4Si2. The van der Waals surface area contributed by atoms with E-state index < -0.39 is 28.8 Å². The van der Waals surface area contributed by atoms with Crippen molar-refractivity contribution in [2.24, 2.45) is 10.2 Å². The highest BCUT2D eigenvalue weighted by Gasteiger charge is 2.34.